The Morgan fingerprint density at radius 1 is 0.263 bits per heavy atom. The Morgan fingerprint density at radius 3 is 1.20 bits per heavy atom. The number of aromatic nitrogens is 10. The van der Waals surface area contributed by atoms with E-state index in [0.29, 0.717) is 45.0 Å². The molecule has 12 aromatic carbocycles. The van der Waals surface area contributed by atoms with Gasteiger partial charge in [0, 0.05) is 80.0 Å². The molecule has 0 aliphatic rings. The fourth-order valence-electron chi connectivity index (χ4n) is 11.0. The minimum atomic E-state index is -0.527. The summed E-state index contributed by atoms with van der Waals surface area (Å²) in [6.45, 7) is 0. The zero-order valence-electron chi connectivity index (χ0n) is 59.7. The number of thiophene rings is 1. The number of hydrogen-bond donors (Lipinski definition) is 0. The highest BCUT2D eigenvalue weighted by atomic mass is 79.9. The van der Waals surface area contributed by atoms with E-state index in [-0.39, 0.29) is 39.6 Å². The van der Waals surface area contributed by atoms with E-state index in [1.54, 1.807) is 24.3 Å². The SMILES string of the molecule is Brc1ccc(-c2nc(-c3ccccc3)nc(-c3ccc4sc5ccccc5c4c3)n2)cc1.Brc1nc(-c2ccc(-c3ccccc3)cc2)nc(-c2ccc3c(c2)c2ccccc2n3-c2ccccc2)n1.[2H]c1c([2H])c([2H])c(-c2ccc(-c3nc(Br)nc(-c4c([2H])c([2H])c([2H])c([2H])c4[2H])n3)cc2)c([2H])c1[2H]. The van der Waals surface area contributed by atoms with Crippen LogP contribution in [0.5, 0.6) is 0 Å². The fraction of sp³-hybridized carbons (Fsp3) is 0. The van der Waals surface area contributed by atoms with Crippen molar-refractivity contribution in [3.63, 3.8) is 0 Å². The van der Waals surface area contributed by atoms with E-state index < -0.39 is 48.3 Å². The van der Waals surface area contributed by atoms with Crippen LogP contribution in [0.4, 0.5) is 0 Å². The van der Waals surface area contributed by atoms with Crippen molar-refractivity contribution >= 4 is 101 Å². The summed E-state index contributed by atoms with van der Waals surface area (Å²) >= 11 is 12.0. The van der Waals surface area contributed by atoms with Gasteiger partial charge in [0.15, 0.2) is 40.8 Å². The zero-order valence-corrected chi connectivity index (χ0v) is 55.3. The number of hydrogen-bond acceptors (Lipinski definition) is 10. The Labute approximate surface area is 591 Å². The van der Waals surface area contributed by atoms with Crippen LogP contribution in [0, 0.1) is 0 Å². The van der Waals surface area contributed by atoms with Crippen LogP contribution in [0.15, 0.2) is 323 Å². The summed E-state index contributed by atoms with van der Waals surface area (Å²) in [4.78, 5) is 41.2. The van der Waals surface area contributed by atoms with Crippen molar-refractivity contribution < 1.29 is 13.7 Å². The second-order valence-electron chi connectivity index (χ2n) is 21.4. The average Bonchev–Trinajstić information content (AvgIpc) is 1.68. The average molecular weight is 1450 g/mol. The number of rotatable bonds is 10. The molecule has 0 atom stereocenters. The maximum Gasteiger partial charge on any atom is 0.200 e. The third kappa shape index (κ3) is 13.3. The lowest BCUT2D eigenvalue weighted by Gasteiger charge is -2.08. The first-order chi connectivity index (χ1) is 50.9. The monoisotopic (exact) mass is 1440 g/mol. The quantitative estimate of drug-likeness (QED) is 0.132. The van der Waals surface area contributed by atoms with Gasteiger partial charge in [0.1, 0.15) is 0 Å². The molecule has 0 aliphatic carbocycles. The smallest absolute Gasteiger partial charge is 0.200 e. The Hall–Kier alpha value is -10.9. The van der Waals surface area contributed by atoms with E-state index in [1.807, 2.05) is 90.2 Å². The lowest BCUT2D eigenvalue weighted by molar-refractivity contribution is 1.03. The number of nitrogens with zero attached hydrogens (tertiary/aromatic N) is 10. The molecule has 10 nitrogen and oxygen atoms in total. The van der Waals surface area contributed by atoms with Crippen molar-refractivity contribution in [3.05, 3.63) is 323 Å². The van der Waals surface area contributed by atoms with Crippen LogP contribution >= 0.6 is 59.1 Å². The number of para-hydroxylation sites is 2. The molecular formula is C81H51Br3N10S. The van der Waals surface area contributed by atoms with E-state index in [0.717, 1.165) is 54.4 Å². The van der Waals surface area contributed by atoms with Gasteiger partial charge in [0.05, 0.1) is 24.7 Å². The van der Waals surface area contributed by atoms with Crippen LogP contribution in [0.3, 0.4) is 0 Å². The van der Waals surface area contributed by atoms with Crippen molar-refractivity contribution in [2.45, 2.75) is 0 Å². The van der Waals surface area contributed by atoms with Crippen molar-refractivity contribution in [2.24, 2.45) is 0 Å². The topological polar surface area (TPSA) is 121 Å². The Kier molecular flexibility index (Phi) is 14.3. The van der Waals surface area contributed by atoms with Gasteiger partial charge in [-0.15, -0.1) is 11.3 Å². The second-order valence-corrected chi connectivity index (χ2v) is 24.9. The van der Waals surface area contributed by atoms with Gasteiger partial charge in [-0.25, -0.2) is 44.9 Å². The van der Waals surface area contributed by atoms with Crippen LogP contribution in [0.2, 0.25) is 0 Å². The van der Waals surface area contributed by atoms with Crippen LogP contribution in [-0.4, -0.2) is 49.4 Å². The molecule has 0 saturated heterocycles. The zero-order chi connectivity index (χ0) is 72.7. The molecular weight excluding hydrogens is 1380 g/mol. The van der Waals surface area contributed by atoms with Crippen LogP contribution < -0.4 is 0 Å². The molecule has 17 rings (SSSR count). The molecule has 0 amide bonds. The van der Waals surface area contributed by atoms with Gasteiger partial charge in [-0.05, 0) is 127 Å². The summed E-state index contributed by atoms with van der Waals surface area (Å²) in [6, 6.07) is 79.0. The highest BCUT2D eigenvalue weighted by Gasteiger charge is 2.18. The maximum absolute atomic E-state index is 8.16. The molecule has 0 unspecified atom stereocenters. The highest BCUT2D eigenvalue weighted by molar-refractivity contribution is 9.11. The lowest BCUT2D eigenvalue weighted by Crippen LogP contribution is -2.00. The molecule has 95 heavy (non-hydrogen) atoms. The Morgan fingerprint density at radius 2 is 0.621 bits per heavy atom. The van der Waals surface area contributed by atoms with E-state index in [1.165, 1.54) is 36.6 Å². The van der Waals surface area contributed by atoms with E-state index >= 15 is 0 Å². The minimum Gasteiger partial charge on any atom is -0.309 e. The van der Waals surface area contributed by atoms with Crippen molar-refractivity contribution in [1.29, 1.82) is 0 Å². The van der Waals surface area contributed by atoms with Gasteiger partial charge in [-0.3, -0.25) is 0 Å². The van der Waals surface area contributed by atoms with Crippen molar-refractivity contribution in [2.75, 3.05) is 0 Å². The molecule has 17 aromatic rings. The van der Waals surface area contributed by atoms with Gasteiger partial charge >= 0.3 is 0 Å². The third-order valence-electron chi connectivity index (χ3n) is 15.5. The first-order valence-electron chi connectivity index (χ1n) is 34.7. The van der Waals surface area contributed by atoms with Gasteiger partial charge in [-0.2, -0.15) is 0 Å². The summed E-state index contributed by atoms with van der Waals surface area (Å²) in [6.07, 6.45) is 0. The molecule has 0 saturated carbocycles. The Balaban J connectivity index is 0.000000127. The normalized spacial score (nSPS) is 12.6. The predicted octanol–water partition coefficient (Wildman–Crippen LogP) is 22.4. The molecule has 0 bridgehead atoms. The molecule has 0 fully saturated rings. The van der Waals surface area contributed by atoms with Gasteiger partial charge in [0.25, 0.3) is 0 Å². The van der Waals surface area contributed by atoms with Crippen molar-refractivity contribution in [3.8, 4) is 108 Å². The first-order valence-corrected chi connectivity index (χ1v) is 32.9. The first kappa shape index (κ1) is 49.7. The van der Waals surface area contributed by atoms with E-state index in [4.69, 9.17) is 33.6 Å². The largest absolute Gasteiger partial charge is 0.309 e. The Bertz CT molecular complexity index is 6150. The molecule has 14 heteroatoms. The summed E-state index contributed by atoms with van der Waals surface area (Å²) in [5, 5.41) is 4.85. The van der Waals surface area contributed by atoms with Gasteiger partial charge < -0.3 is 4.57 Å². The maximum atomic E-state index is 8.16. The van der Waals surface area contributed by atoms with Crippen LogP contribution in [-0.2, 0) is 0 Å². The molecule has 0 radical (unpaired) electrons. The number of halogens is 3. The third-order valence-corrected chi connectivity index (χ3v) is 17.9. The summed E-state index contributed by atoms with van der Waals surface area (Å²) in [7, 11) is 0. The van der Waals surface area contributed by atoms with Gasteiger partial charge in [0.2, 0.25) is 9.47 Å². The predicted molar refractivity (Wildman–Crippen MR) is 399 cm³/mol. The van der Waals surface area contributed by atoms with E-state index in [9.17, 15) is 0 Å². The number of benzene rings is 12. The molecule has 0 N–H and O–H groups in total. The summed E-state index contributed by atoms with van der Waals surface area (Å²) in [5.74, 6) is 3.30. The van der Waals surface area contributed by atoms with Crippen LogP contribution in [0.25, 0.3) is 150 Å². The lowest BCUT2D eigenvalue weighted by atomic mass is 10.0. The number of fused-ring (bicyclic) bond motifs is 6. The fourth-order valence-corrected chi connectivity index (χ4v) is 13.0. The highest BCUT2D eigenvalue weighted by Crippen LogP contribution is 2.38. The van der Waals surface area contributed by atoms with E-state index in [2.05, 4.69) is 223 Å². The van der Waals surface area contributed by atoms with Crippen LogP contribution in [0.1, 0.15) is 13.7 Å². The molecule has 5 aromatic heterocycles. The molecule has 5 heterocycles. The molecule has 452 valence electrons. The standard InChI is InChI=1S/C33H21BrN4.C27H16BrN3S.C21H14BrN3/c34-33-36-31(24-17-15-23(16-18-24)22-9-3-1-4-10-22)35-32(37-33)25-19-20-30-28(21-25)27-13-7-8-14-29(27)38(30)26-11-5-2-6-12-26;28-20-13-10-18(11-14-20)26-29-25(17-6-2-1-3-7-17)30-27(31-26)19-12-15-24-22(16-19)21-8-4-5-9-23(21)32-24;22-21-24-19(17-9-5-2-6-10-17)23-20(25-21)18-13-11-16(12-14-18)15-7-3-1-4-8-15/h1-21H;1-16H;1-14H/i;;1D,2D,3D,4D,5D,6D,7D,8D,9D,10D. The minimum absolute atomic E-state index is 0.0548. The molecule has 0 aliphatic heterocycles. The molecule has 0 spiro atoms. The van der Waals surface area contributed by atoms with Crippen molar-refractivity contribution in [1.82, 2.24) is 49.4 Å². The summed E-state index contributed by atoms with van der Waals surface area (Å²) < 4.78 is 86.1. The van der Waals surface area contributed by atoms with Gasteiger partial charge in [-0.1, -0.05) is 252 Å². The second kappa shape index (κ2) is 27.4. The summed E-state index contributed by atoms with van der Waals surface area (Å²) in [5.41, 5.74) is 11.3.